The maximum atomic E-state index is 12.7. The number of thioether (sulfide) groups is 1. The zero-order valence-electron chi connectivity index (χ0n) is 17.1. The van der Waals surface area contributed by atoms with Gasteiger partial charge in [0.05, 0.1) is 27.6 Å². The number of thiazole rings is 1. The molecule has 1 heterocycles. The van der Waals surface area contributed by atoms with Crippen LogP contribution in [-0.2, 0) is 15.3 Å². The molecule has 0 bridgehead atoms. The Morgan fingerprint density at radius 1 is 1.03 bits per heavy atom. The highest BCUT2D eigenvalue weighted by atomic mass is 32.2. The average molecular weight is 471 g/mol. The fraction of sp³-hybridized carbons (Fsp3) is 0.304. The third-order valence-electron chi connectivity index (χ3n) is 5.62. The lowest BCUT2D eigenvalue weighted by Crippen LogP contribution is -2.36. The molecule has 1 saturated carbocycles. The Morgan fingerprint density at radius 3 is 2.44 bits per heavy atom. The van der Waals surface area contributed by atoms with Crippen molar-refractivity contribution in [3.05, 3.63) is 53.6 Å². The number of anilines is 1. The summed E-state index contributed by atoms with van der Waals surface area (Å²) in [7, 11) is 0. The van der Waals surface area contributed by atoms with Crippen molar-refractivity contribution in [1.82, 2.24) is 4.98 Å². The van der Waals surface area contributed by atoms with E-state index in [-0.39, 0.29) is 11.5 Å². The van der Waals surface area contributed by atoms with Gasteiger partial charge >= 0.3 is 11.9 Å². The molecule has 32 heavy (non-hydrogen) atoms. The first-order chi connectivity index (χ1) is 15.4. The third-order valence-corrected chi connectivity index (χ3v) is 7.85. The number of rotatable bonds is 7. The Bertz CT molecular complexity index is 1160. The molecule has 1 fully saturated rings. The maximum Gasteiger partial charge on any atom is 0.335 e. The molecule has 7 nitrogen and oxygen atoms in total. The van der Waals surface area contributed by atoms with E-state index in [0.29, 0.717) is 24.3 Å². The smallest absolute Gasteiger partial charge is 0.335 e. The molecule has 0 aliphatic heterocycles. The first kappa shape index (κ1) is 22.3. The largest absolute Gasteiger partial charge is 0.481 e. The molecule has 1 aliphatic carbocycles. The minimum absolute atomic E-state index is 0.236. The number of carbonyl (C=O) groups excluding carboxylic acids is 1. The van der Waals surface area contributed by atoms with Crippen molar-refractivity contribution >= 4 is 56.8 Å². The number of carboxylic acid groups (broad SMARTS) is 2. The molecule has 9 heteroatoms. The highest BCUT2D eigenvalue weighted by Gasteiger charge is 2.35. The van der Waals surface area contributed by atoms with Gasteiger partial charge in [-0.25, -0.2) is 9.78 Å². The van der Waals surface area contributed by atoms with Gasteiger partial charge < -0.3 is 15.5 Å². The van der Waals surface area contributed by atoms with E-state index in [1.807, 2.05) is 12.1 Å². The predicted molar refractivity (Wildman–Crippen MR) is 124 cm³/mol. The van der Waals surface area contributed by atoms with Crippen LogP contribution in [0.5, 0.6) is 0 Å². The van der Waals surface area contributed by atoms with Crippen LogP contribution in [0.25, 0.3) is 10.2 Å². The topological polar surface area (TPSA) is 117 Å². The molecule has 3 N–H and O–H groups in total. The van der Waals surface area contributed by atoms with Crippen molar-refractivity contribution in [3.63, 3.8) is 0 Å². The molecule has 4 rings (SSSR count). The van der Waals surface area contributed by atoms with E-state index in [0.717, 1.165) is 33.0 Å². The van der Waals surface area contributed by atoms with Crippen molar-refractivity contribution < 1.29 is 24.6 Å². The Hall–Kier alpha value is -2.91. The molecule has 2 atom stereocenters. The number of hydrogen-bond donors (Lipinski definition) is 3. The summed E-state index contributed by atoms with van der Waals surface area (Å²) in [5.41, 5.74) is 2.74. The lowest BCUT2D eigenvalue weighted by Gasteiger charge is -2.27. The van der Waals surface area contributed by atoms with E-state index >= 15 is 0 Å². The number of benzene rings is 2. The van der Waals surface area contributed by atoms with Crippen LogP contribution >= 0.6 is 23.1 Å². The Balaban J connectivity index is 1.41. The van der Waals surface area contributed by atoms with Crippen LogP contribution in [0.1, 0.15) is 41.6 Å². The van der Waals surface area contributed by atoms with E-state index < -0.39 is 23.8 Å². The van der Waals surface area contributed by atoms with Gasteiger partial charge in [-0.2, -0.15) is 0 Å². The summed E-state index contributed by atoms with van der Waals surface area (Å²) >= 11 is 3.09. The van der Waals surface area contributed by atoms with Crippen molar-refractivity contribution in [2.24, 2.45) is 11.8 Å². The minimum Gasteiger partial charge on any atom is -0.481 e. The summed E-state index contributed by atoms with van der Waals surface area (Å²) in [6.07, 6.45) is 2.85. The number of nitrogens with one attached hydrogen (secondary N) is 1. The van der Waals surface area contributed by atoms with E-state index in [9.17, 15) is 19.5 Å². The van der Waals surface area contributed by atoms with Crippen molar-refractivity contribution in [2.75, 3.05) is 5.32 Å². The van der Waals surface area contributed by atoms with Crippen molar-refractivity contribution in [1.29, 1.82) is 0 Å². The van der Waals surface area contributed by atoms with Gasteiger partial charge in [-0.15, -0.1) is 11.3 Å². The highest BCUT2D eigenvalue weighted by molar-refractivity contribution is 8.00. The molecular formula is C23H22N2O5S2. The number of hydrogen-bond acceptors (Lipinski definition) is 6. The second kappa shape index (κ2) is 9.70. The second-order valence-corrected chi connectivity index (χ2v) is 10.0. The van der Waals surface area contributed by atoms with Gasteiger partial charge in [0, 0.05) is 11.4 Å². The van der Waals surface area contributed by atoms with Gasteiger partial charge in [-0.1, -0.05) is 36.7 Å². The van der Waals surface area contributed by atoms with Crippen LogP contribution in [0.15, 0.2) is 46.8 Å². The molecule has 166 valence electrons. The predicted octanol–water partition coefficient (Wildman–Crippen LogP) is 5.12. The fourth-order valence-corrected chi connectivity index (χ4v) is 5.97. The van der Waals surface area contributed by atoms with Gasteiger partial charge in [-0.3, -0.25) is 9.59 Å². The summed E-state index contributed by atoms with van der Waals surface area (Å²) in [6.45, 7) is 0. The average Bonchev–Trinajstić information content (AvgIpc) is 3.20. The second-order valence-electron chi connectivity index (χ2n) is 7.78. The first-order valence-corrected chi connectivity index (χ1v) is 12.1. The molecule has 2 aromatic carbocycles. The maximum absolute atomic E-state index is 12.7. The van der Waals surface area contributed by atoms with Gasteiger partial charge in [0.15, 0.2) is 4.34 Å². The van der Waals surface area contributed by atoms with E-state index in [2.05, 4.69) is 10.3 Å². The summed E-state index contributed by atoms with van der Waals surface area (Å²) in [6, 6.07) is 12.3. The summed E-state index contributed by atoms with van der Waals surface area (Å²) in [5.74, 6) is -2.54. The first-order valence-electron chi connectivity index (χ1n) is 10.3. The summed E-state index contributed by atoms with van der Waals surface area (Å²) < 4.78 is 1.81. The molecule has 0 spiro atoms. The zero-order chi connectivity index (χ0) is 22.7. The highest BCUT2D eigenvalue weighted by Crippen LogP contribution is 2.34. The Labute approximate surface area is 192 Å². The van der Waals surface area contributed by atoms with Crippen molar-refractivity contribution in [3.8, 4) is 0 Å². The number of aromatic nitrogens is 1. The SMILES string of the molecule is O=C(O)c1ccc(CSc2nc3ccc(NC(=O)[C@H]4CCCC[C@H]4C(=O)O)cc3s2)cc1. The number of carboxylic acids is 2. The van der Waals surface area contributed by atoms with Crippen LogP contribution in [0, 0.1) is 11.8 Å². The molecule has 0 radical (unpaired) electrons. The molecule has 0 unspecified atom stereocenters. The summed E-state index contributed by atoms with van der Waals surface area (Å²) in [5, 5.41) is 21.3. The minimum atomic E-state index is -0.944. The van der Waals surface area contributed by atoms with Crippen LogP contribution in [0.4, 0.5) is 5.69 Å². The van der Waals surface area contributed by atoms with Crippen LogP contribution in [0.3, 0.4) is 0 Å². The van der Waals surface area contributed by atoms with Crippen LogP contribution < -0.4 is 5.32 Å². The number of fused-ring (bicyclic) bond motifs is 1. The zero-order valence-corrected chi connectivity index (χ0v) is 18.7. The number of amides is 1. The number of carbonyl (C=O) groups is 3. The quantitative estimate of drug-likeness (QED) is 0.411. The molecule has 1 aromatic heterocycles. The monoisotopic (exact) mass is 470 g/mol. The molecular weight excluding hydrogens is 448 g/mol. The van der Waals surface area contributed by atoms with Gasteiger partial charge in [-0.05, 0) is 48.7 Å². The van der Waals surface area contributed by atoms with Crippen LogP contribution in [0.2, 0.25) is 0 Å². The van der Waals surface area contributed by atoms with Gasteiger partial charge in [0.1, 0.15) is 0 Å². The van der Waals surface area contributed by atoms with E-state index in [1.54, 1.807) is 42.1 Å². The Kier molecular flexibility index (Phi) is 6.76. The van der Waals surface area contributed by atoms with Gasteiger partial charge in [0.2, 0.25) is 5.91 Å². The van der Waals surface area contributed by atoms with Crippen molar-refractivity contribution in [2.45, 2.75) is 35.8 Å². The normalized spacial score (nSPS) is 18.4. The standard InChI is InChI=1S/C23H22N2O5S2/c26-20(16-3-1-2-4-17(16)22(29)30)24-15-9-10-18-19(11-15)32-23(25-18)31-12-13-5-7-14(8-6-13)21(27)28/h5-11,16-17H,1-4,12H2,(H,24,26)(H,27,28)(H,29,30)/t16-,17+/m0/s1. The van der Waals surface area contributed by atoms with Gasteiger partial charge in [0.25, 0.3) is 0 Å². The lowest BCUT2D eigenvalue weighted by molar-refractivity contribution is -0.147. The number of aliphatic carboxylic acids is 1. The molecule has 3 aromatic rings. The molecule has 0 saturated heterocycles. The Morgan fingerprint density at radius 2 is 1.75 bits per heavy atom. The lowest BCUT2D eigenvalue weighted by atomic mass is 9.78. The number of nitrogens with zero attached hydrogens (tertiary/aromatic N) is 1. The fourth-order valence-electron chi connectivity index (χ4n) is 3.91. The van der Waals surface area contributed by atoms with Crippen LogP contribution in [-0.4, -0.2) is 33.0 Å². The molecule has 1 amide bonds. The molecule has 1 aliphatic rings. The summed E-state index contributed by atoms with van der Waals surface area (Å²) in [4.78, 5) is 39.8. The third kappa shape index (κ3) is 5.11. The number of aromatic carboxylic acids is 1. The van der Waals surface area contributed by atoms with E-state index in [4.69, 9.17) is 5.11 Å². The van der Waals surface area contributed by atoms with E-state index in [1.165, 1.54) is 11.3 Å².